The van der Waals surface area contributed by atoms with Gasteiger partial charge in [0.15, 0.2) is 0 Å². The van der Waals surface area contributed by atoms with Crippen molar-refractivity contribution in [3.05, 3.63) is 63.4 Å². The molecule has 0 fully saturated rings. The van der Waals surface area contributed by atoms with E-state index in [1.807, 2.05) is 6.07 Å². The fourth-order valence-electron chi connectivity index (χ4n) is 2.10. The van der Waals surface area contributed by atoms with Crippen LogP contribution in [0.4, 0.5) is 0 Å². The predicted octanol–water partition coefficient (Wildman–Crippen LogP) is 3.36. The summed E-state index contributed by atoms with van der Waals surface area (Å²) in [4.78, 5) is 15.5. The van der Waals surface area contributed by atoms with E-state index in [2.05, 4.69) is 9.72 Å². The van der Waals surface area contributed by atoms with Crippen LogP contribution < -0.4 is 0 Å². The number of methoxy groups -OCH3 is 1. The molecule has 1 aromatic carbocycles. The lowest BCUT2D eigenvalue weighted by atomic mass is 10.1. The molecule has 0 amide bonds. The molecule has 0 aliphatic carbocycles. The molecule has 6 nitrogen and oxygen atoms in total. The Hall–Kier alpha value is -1.51. The topological polar surface area (TPSA) is 79.7 Å². The van der Waals surface area contributed by atoms with Crippen molar-refractivity contribution in [3.8, 4) is 0 Å². The van der Waals surface area contributed by atoms with Gasteiger partial charge in [0.2, 0.25) is 11.3 Å². The quantitative estimate of drug-likeness (QED) is 0.567. The lowest BCUT2D eigenvalue weighted by Gasteiger charge is -2.17. The van der Waals surface area contributed by atoms with E-state index in [4.69, 9.17) is 23.2 Å². The standard InChI is InChI=1S/C16H16Cl2N2O4S/c1-24-16(21)12-3-4-13(19-9-12)10-20(25(22)23)7-6-11-2-5-14(17)15(18)8-11/h2-5,8-9H,6-7,10H2,1H3,(H,22,23). The highest BCUT2D eigenvalue weighted by atomic mass is 35.5. The highest BCUT2D eigenvalue weighted by Crippen LogP contribution is 2.23. The third kappa shape index (κ3) is 5.76. The first-order valence-corrected chi connectivity index (χ1v) is 9.05. The Morgan fingerprint density at radius 3 is 2.60 bits per heavy atom. The number of pyridine rings is 1. The number of benzene rings is 1. The zero-order valence-corrected chi connectivity index (χ0v) is 15.6. The van der Waals surface area contributed by atoms with Gasteiger partial charge >= 0.3 is 5.97 Å². The zero-order chi connectivity index (χ0) is 18.4. The number of nitrogens with zero attached hydrogens (tertiary/aromatic N) is 2. The van der Waals surface area contributed by atoms with Crippen molar-refractivity contribution in [1.82, 2.24) is 9.29 Å². The Morgan fingerprint density at radius 1 is 1.28 bits per heavy atom. The minimum atomic E-state index is -2.16. The largest absolute Gasteiger partial charge is 0.465 e. The summed E-state index contributed by atoms with van der Waals surface area (Å²) in [5.41, 5.74) is 1.78. The number of esters is 1. The average Bonchev–Trinajstić information content (AvgIpc) is 2.61. The predicted molar refractivity (Wildman–Crippen MR) is 96.9 cm³/mol. The average molecular weight is 403 g/mol. The van der Waals surface area contributed by atoms with Crippen molar-refractivity contribution in [3.63, 3.8) is 0 Å². The van der Waals surface area contributed by atoms with E-state index in [1.54, 1.807) is 24.3 Å². The van der Waals surface area contributed by atoms with Crippen LogP contribution >= 0.6 is 23.2 Å². The number of ether oxygens (including phenoxy) is 1. The summed E-state index contributed by atoms with van der Waals surface area (Å²) in [6, 6.07) is 8.41. The molecule has 0 aliphatic heterocycles. The third-order valence-electron chi connectivity index (χ3n) is 3.44. The van der Waals surface area contributed by atoms with Gasteiger partial charge in [-0.05, 0) is 36.2 Å². The summed E-state index contributed by atoms with van der Waals surface area (Å²) < 4.78 is 27.0. The van der Waals surface area contributed by atoms with Crippen LogP contribution in [0.5, 0.6) is 0 Å². The van der Waals surface area contributed by atoms with Crippen LogP contribution in [-0.4, -0.2) is 37.7 Å². The van der Waals surface area contributed by atoms with Crippen LogP contribution in [-0.2, 0) is 29.0 Å². The molecule has 0 bridgehead atoms. The molecule has 2 rings (SSSR count). The van der Waals surface area contributed by atoms with E-state index >= 15 is 0 Å². The van der Waals surface area contributed by atoms with Crippen LogP contribution in [0.3, 0.4) is 0 Å². The van der Waals surface area contributed by atoms with Gasteiger partial charge in [-0.25, -0.2) is 9.00 Å². The minimum Gasteiger partial charge on any atom is -0.465 e. The maximum atomic E-state index is 11.6. The molecule has 0 spiro atoms. The molecule has 1 heterocycles. The fourth-order valence-corrected chi connectivity index (χ4v) is 2.91. The van der Waals surface area contributed by atoms with Crippen molar-refractivity contribution in [1.29, 1.82) is 0 Å². The van der Waals surface area contributed by atoms with E-state index < -0.39 is 17.2 Å². The lowest BCUT2D eigenvalue weighted by Crippen LogP contribution is -2.28. The summed E-state index contributed by atoms with van der Waals surface area (Å²) >= 11 is 9.69. The van der Waals surface area contributed by atoms with E-state index in [1.165, 1.54) is 17.6 Å². The summed E-state index contributed by atoms with van der Waals surface area (Å²) in [5.74, 6) is -0.485. The van der Waals surface area contributed by atoms with Crippen LogP contribution in [0.2, 0.25) is 10.0 Å². The first kappa shape index (κ1) is 19.8. The molecule has 1 atom stereocenters. The smallest absolute Gasteiger partial charge is 0.339 e. The number of aromatic nitrogens is 1. The number of carbonyl (C=O) groups is 1. The molecule has 1 N–H and O–H groups in total. The summed E-state index contributed by atoms with van der Waals surface area (Å²) in [7, 11) is 1.29. The van der Waals surface area contributed by atoms with Crippen molar-refractivity contribution in [2.75, 3.05) is 13.7 Å². The molecule has 1 unspecified atom stereocenters. The van der Waals surface area contributed by atoms with Gasteiger partial charge in [-0.2, -0.15) is 4.31 Å². The van der Waals surface area contributed by atoms with Gasteiger partial charge in [-0.3, -0.25) is 9.54 Å². The monoisotopic (exact) mass is 402 g/mol. The second-order valence-corrected chi connectivity index (χ2v) is 6.91. The van der Waals surface area contributed by atoms with E-state index in [0.717, 1.165) is 5.56 Å². The number of carbonyl (C=O) groups excluding carboxylic acids is 1. The molecule has 0 aliphatic rings. The van der Waals surface area contributed by atoms with Crippen LogP contribution in [0.25, 0.3) is 0 Å². The molecule has 0 saturated heterocycles. The second kappa shape index (κ2) is 9.26. The molecule has 1 aromatic heterocycles. The Kier molecular flexibility index (Phi) is 7.34. The summed E-state index contributed by atoms with van der Waals surface area (Å²) in [6.07, 6.45) is 1.89. The number of rotatable bonds is 7. The molecular formula is C16H16Cl2N2O4S. The molecule has 0 radical (unpaired) electrons. The number of hydrogen-bond donors (Lipinski definition) is 1. The van der Waals surface area contributed by atoms with Crippen molar-refractivity contribution < 1.29 is 18.3 Å². The van der Waals surface area contributed by atoms with Crippen molar-refractivity contribution in [2.45, 2.75) is 13.0 Å². The number of halogens is 2. The van der Waals surface area contributed by atoms with Gasteiger partial charge in [0, 0.05) is 12.7 Å². The molecule has 2 aromatic rings. The molecule has 9 heteroatoms. The molecule has 25 heavy (non-hydrogen) atoms. The van der Waals surface area contributed by atoms with Gasteiger partial charge in [-0.15, -0.1) is 0 Å². The van der Waals surface area contributed by atoms with Gasteiger partial charge < -0.3 is 4.74 Å². The Morgan fingerprint density at radius 2 is 2.04 bits per heavy atom. The Bertz CT molecular complexity index is 771. The van der Waals surface area contributed by atoms with Gasteiger partial charge in [-0.1, -0.05) is 29.3 Å². The molecule has 0 saturated carbocycles. The van der Waals surface area contributed by atoms with Crippen LogP contribution in [0.1, 0.15) is 21.6 Å². The maximum Gasteiger partial charge on any atom is 0.339 e. The first-order valence-electron chi connectivity index (χ1n) is 7.24. The van der Waals surface area contributed by atoms with Gasteiger partial charge in [0.05, 0.1) is 35.0 Å². The number of hydrogen-bond acceptors (Lipinski definition) is 4. The second-order valence-electron chi connectivity index (χ2n) is 5.12. The summed E-state index contributed by atoms with van der Waals surface area (Å²) in [6.45, 7) is 0.480. The Balaban J connectivity index is 2.01. The maximum absolute atomic E-state index is 11.6. The lowest BCUT2D eigenvalue weighted by molar-refractivity contribution is 0.0600. The highest BCUT2D eigenvalue weighted by molar-refractivity contribution is 7.76. The van der Waals surface area contributed by atoms with Crippen molar-refractivity contribution >= 4 is 40.4 Å². The third-order valence-corrected chi connectivity index (χ3v) is 4.93. The molecular weight excluding hydrogens is 387 g/mol. The highest BCUT2D eigenvalue weighted by Gasteiger charge is 2.14. The van der Waals surface area contributed by atoms with Crippen LogP contribution in [0, 0.1) is 0 Å². The SMILES string of the molecule is COC(=O)c1ccc(CN(CCc2ccc(Cl)c(Cl)c2)S(=O)O)nc1. The van der Waals surface area contributed by atoms with E-state index in [-0.39, 0.29) is 6.54 Å². The molecule has 134 valence electrons. The van der Waals surface area contributed by atoms with Gasteiger partial charge in [0.25, 0.3) is 0 Å². The zero-order valence-electron chi connectivity index (χ0n) is 13.3. The first-order chi connectivity index (χ1) is 11.9. The Labute approximate surface area is 158 Å². The van der Waals surface area contributed by atoms with E-state index in [0.29, 0.717) is 34.3 Å². The van der Waals surface area contributed by atoms with Gasteiger partial charge in [0.1, 0.15) is 0 Å². The van der Waals surface area contributed by atoms with E-state index in [9.17, 15) is 13.6 Å². The summed E-state index contributed by atoms with van der Waals surface area (Å²) in [5, 5.41) is 0.902. The van der Waals surface area contributed by atoms with Crippen molar-refractivity contribution in [2.24, 2.45) is 0 Å². The van der Waals surface area contributed by atoms with Crippen LogP contribution in [0.15, 0.2) is 36.5 Å². The minimum absolute atomic E-state index is 0.159. The fraction of sp³-hybridized carbons (Fsp3) is 0.250. The normalized spacial score (nSPS) is 12.2.